The van der Waals surface area contributed by atoms with Crippen LogP contribution in [-0.2, 0) is 0 Å². The van der Waals surface area contributed by atoms with Gasteiger partial charge in [-0.15, -0.1) is 0 Å². The number of aromatic nitrogens is 1. The predicted molar refractivity (Wildman–Crippen MR) is 66.8 cm³/mol. The lowest BCUT2D eigenvalue weighted by Gasteiger charge is -1.96. The number of unbranched alkanes of at least 4 members (excludes halogenated alkanes) is 4. The van der Waals surface area contributed by atoms with Crippen molar-refractivity contribution in [3.8, 4) is 0 Å². The van der Waals surface area contributed by atoms with Crippen LogP contribution in [0.3, 0.4) is 0 Å². The molecule has 0 amide bonds. The van der Waals surface area contributed by atoms with Gasteiger partial charge in [0, 0.05) is 11.9 Å². The van der Waals surface area contributed by atoms with E-state index in [-0.39, 0.29) is 0 Å². The summed E-state index contributed by atoms with van der Waals surface area (Å²) >= 11 is 0. The largest absolute Gasteiger partial charge is 0.262 e. The Morgan fingerprint density at radius 3 is 2.87 bits per heavy atom. The van der Waals surface area contributed by atoms with Crippen molar-refractivity contribution in [1.82, 2.24) is 4.98 Å². The summed E-state index contributed by atoms with van der Waals surface area (Å²) in [6, 6.07) is 4.16. The van der Waals surface area contributed by atoms with Crippen LogP contribution in [0.15, 0.2) is 24.4 Å². The van der Waals surface area contributed by atoms with Gasteiger partial charge in [-0.3, -0.25) is 4.98 Å². The lowest BCUT2D eigenvalue weighted by atomic mass is 10.1. The standard InChI is InChI=1S/C14H21N/c1-3-4-5-6-7-8-9-14-10-11-15-13(2)12-14/h8-12H,3-7H2,1-2H3/b9-8-. The summed E-state index contributed by atoms with van der Waals surface area (Å²) in [4.78, 5) is 4.17. The van der Waals surface area contributed by atoms with E-state index in [0.29, 0.717) is 0 Å². The van der Waals surface area contributed by atoms with Crippen LogP contribution in [-0.4, -0.2) is 4.98 Å². The van der Waals surface area contributed by atoms with Gasteiger partial charge < -0.3 is 0 Å². The first kappa shape index (κ1) is 12.0. The Labute approximate surface area is 93.2 Å². The predicted octanol–water partition coefficient (Wildman–Crippen LogP) is 4.37. The van der Waals surface area contributed by atoms with Gasteiger partial charge in [0.25, 0.3) is 0 Å². The molecule has 0 aliphatic heterocycles. The first-order valence-corrected chi connectivity index (χ1v) is 5.92. The highest BCUT2D eigenvalue weighted by molar-refractivity contribution is 5.48. The Hall–Kier alpha value is -1.11. The number of hydrogen-bond acceptors (Lipinski definition) is 1. The zero-order chi connectivity index (χ0) is 10.9. The summed E-state index contributed by atoms with van der Waals surface area (Å²) in [5.41, 5.74) is 2.35. The Bertz CT molecular complexity index is 302. The van der Waals surface area contributed by atoms with E-state index < -0.39 is 0 Å². The van der Waals surface area contributed by atoms with E-state index >= 15 is 0 Å². The average Bonchev–Trinajstić information content (AvgIpc) is 2.23. The molecule has 0 aliphatic carbocycles. The lowest BCUT2D eigenvalue weighted by Crippen LogP contribution is -1.80. The molecule has 1 aromatic heterocycles. The Balaban J connectivity index is 2.26. The molecule has 0 unspecified atom stereocenters. The molecule has 1 aromatic rings. The van der Waals surface area contributed by atoms with E-state index in [1.165, 1.54) is 37.7 Å². The molecule has 1 rings (SSSR count). The van der Waals surface area contributed by atoms with Crippen LogP contribution in [0.5, 0.6) is 0 Å². The second-order valence-electron chi connectivity index (χ2n) is 3.98. The van der Waals surface area contributed by atoms with Crippen LogP contribution in [0.2, 0.25) is 0 Å². The van der Waals surface area contributed by atoms with Crippen LogP contribution >= 0.6 is 0 Å². The fraction of sp³-hybridized carbons (Fsp3) is 0.500. The third kappa shape index (κ3) is 5.36. The third-order valence-electron chi connectivity index (χ3n) is 2.46. The SMILES string of the molecule is CCCCCC/C=C\c1ccnc(C)c1. The second-order valence-corrected chi connectivity index (χ2v) is 3.98. The Kier molecular flexibility index (Phi) is 5.76. The molecule has 15 heavy (non-hydrogen) atoms. The minimum absolute atomic E-state index is 1.09. The van der Waals surface area contributed by atoms with E-state index in [4.69, 9.17) is 0 Å². The van der Waals surface area contributed by atoms with Crippen molar-refractivity contribution < 1.29 is 0 Å². The van der Waals surface area contributed by atoms with E-state index in [0.717, 1.165) is 5.69 Å². The molecular weight excluding hydrogens is 182 g/mol. The van der Waals surface area contributed by atoms with Gasteiger partial charge >= 0.3 is 0 Å². The zero-order valence-corrected chi connectivity index (χ0v) is 9.87. The molecule has 0 atom stereocenters. The molecule has 1 nitrogen and oxygen atoms in total. The molecule has 1 heterocycles. The van der Waals surface area contributed by atoms with E-state index in [1.807, 2.05) is 13.1 Å². The number of rotatable bonds is 6. The summed E-state index contributed by atoms with van der Waals surface area (Å²) in [7, 11) is 0. The highest BCUT2D eigenvalue weighted by Crippen LogP contribution is 2.07. The molecule has 0 aromatic carbocycles. The van der Waals surface area contributed by atoms with E-state index in [2.05, 4.69) is 36.2 Å². The molecular formula is C14H21N. The van der Waals surface area contributed by atoms with Crippen molar-refractivity contribution in [2.75, 3.05) is 0 Å². The third-order valence-corrected chi connectivity index (χ3v) is 2.46. The summed E-state index contributed by atoms with van der Waals surface area (Å²) in [6.07, 6.45) is 12.9. The van der Waals surface area contributed by atoms with Crippen LogP contribution in [0.25, 0.3) is 6.08 Å². The van der Waals surface area contributed by atoms with Crippen molar-refractivity contribution in [3.63, 3.8) is 0 Å². The molecule has 0 bridgehead atoms. The fourth-order valence-electron chi connectivity index (χ4n) is 1.58. The molecule has 0 N–H and O–H groups in total. The van der Waals surface area contributed by atoms with Crippen molar-refractivity contribution in [2.24, 2.45) is 0 Å². The second kappa shape index (κ2) is 7.22. The van der Waals surface area contributed by atoms with Gasteiger partial charge in [0.15, 0.2) is 0 Å². The van der Waals surface area contributed by atoms with Crippen molar-refractivity contribution in [1.29, 1.82) is 0 Å². The first-order valence-electron chi connectivity index (χ1n) is 5.92. The van der Waals surface area contributed by atoms with Crippen LogP contribution in [0, 0.1) is 6.92 Å². The molecule has 82 valence electrons. The Morgan fingerprint density at radius 1 is 1.27 bits per heavy atom. The minimum Gasteiger partial charge on any atom is -0.262 e. The lowest BCUT2D eigenvalue weighted by molar-refractivity contribution is 0.675. The normalized spacial score (nSPS) is 11.1. The zero-order valence-electron chi connectivity index (χ0n) is 9.87. The smallest absolute Gasteiger partial charge is 0.0378 e. The molecule has 0 spiro atoms. The van der Waals surface area contributed by atoms with Gasteiger partial charge in [-0.2, -0.15) is 0 Å². The maximum Gasteiger partial charge on any atom is 0.0378 e. The van der Waals surface area contributed by atoms with Gasteiger partial charge in [0.2, 0.25) is 0 Å². The Morgan fingerprint density at radius 2 is 2.13 bits per heavy atom. The highest BCUT2D eigenvalue weighted by Gasteiger charge is 1.88. The summed E-state index contributed by atoms with van der Waals surface area (Å²) in [6.45, 7) is 4.27. The van der Waals surface area contributed by atoms with Crippen molar-refractivity contribution >= 4 is 6.08 Å². The number of hydrogen-bond donors (Lipinski definition) is 0. The minimum atomic E-state index is 1.09. The maximum atomic E-state index is 4.17. The average molecular weight is 203 g/mol. The molecule has 0 aliphatic rings. The van der Waals surface area contributed by atoms with Crippen LogP contribution in [0.1, 0.15) is 50.3 Å². The van der Waals surface area contributed by atoms with Crippen LogP contribution < -0.4 is 0 Å². The van der Waals surface area contributed by atoms with Gasteiger partial charge in [-0.05, 0) is 37.5 Å². The summed E-state index contributed by atoms with van der Waals surface area (Å²) < 4.78 is 0. The first-order chi connectivity index (χ1) is 7.33. The molecule has 0 fully saturated rings. The van der Waals surface area contributed by atoms with Crippen LogP contribution in [0.4, 0.5) is 0 Å². The van der Waals surface area contributed by atoms with Gasteiger partial charge in [-0.1, -0.05) is 38.3 Å². The maximum absolute atomic E-state index is 4.17. The molecule has 0 saturated heterocycles. The molecule has 0 radical (unpaired) electrons. The van der Waals surface area contributed by atoms with E-state index in [9.17, 15) is 0 Å². The number of pyridine rings is 1. The summed E-state index contributed by atoms with van der Waals surface area (Å²) in [5, 5.41) is 0. The highest BCUT2D eigenvalue weighted by atomic mass is 14.6. The van der Waals surface area contributed by atoms with E-state index in [1.54, 1.807) is 0 Å². The van der Waals surface area contributed by atoms with Gasteiger partial charge in [0.1, 0.15) is 0 Å². The number of nitrogens with zero attached hydrogens (tertiary/aromatic N) is 1. The molecule has 1 heteroatoms. The molecule has 0 saturated carbocycles. The van der Waals surface area contributed by atoms with Crippen molar-refractivity contribution in [2.45, 2.75) is 46.0 Å². The topological polar surface area (TPSA) is 12.9 Å². The monoisotopic (exact) mass is 203 g/mol. The number of aryl methyl sites for hydroxylation is 1. The van der Waals surface area contributed by atoms with Gasteiger partial charge in [-0.25, -0.2) is 0 Å². The quantitative estimate of drug-likeness (QED) is 0.625. The number of allylic oxidation sites excluding steroid dienone is 1. The summed E-state index contributed by atoms with van der Waals surface area (Å²) in [5.74, 6) is 0. The van der Waals surface area contributed by atoms with Gasteiger partial charge in [0.05, 0.1) is 0 Å². The van der Waals surface area contributed by atoms with Crippen molar-refractivity contribution in [3.05, 3.63) is 35.7 Å². The fourth-order valence-corrected chi connectivity index (χ4v) is 1.58.